The molecule has 3 heterocycles. The predicted molar refractivity (Wildman–Crippen MR) is 167 cm³/mol. The zero-order valence-electron chi connectivity index (χ0n) is 24.9. The molecule has 2 aromatic heterocycles. The summed E-state index contributed by atoms with van der Waals surface area (Å²) in [5.41, 5.74) is -0.220. The molecule has 1 atom stereocenters. The van der Waals surface area contributed by atoms with E-state index in [-0.39, 0.29) is 18.7 Å². The number of unbranched alkanes of at least 4 members (excludes halogenated alkanes) is 7. The number of piperazine rings is 1. The van der Waals surface area contributed by atoms with Crippen LogP contribution in [0, 0.1) is 11.6 Å². The van der Waals surface area contributed by atoms with E-state index in [4.69, 9.17) is 11.6 Å². The van der Waals surface area contributed by atoms with E-state index in [9.17, 15) is 13.9 Å². The van der Waals surface area contributed by atoms with Crippen LogP contribution in [0.1, 0.15) is 56.9 Å². The van der Waals surface area contributed by atoms with E-state index < -0.39 is 17.2 Å². The largest absolute Gasteiger partial charge is 0.382 e. The lowest BCUT2D eigenvalue weighted by molar-refractivity contribution is -0.0319. The summed E-state index contributed by atoms with van der Waals surface area (Å²) in [5, 5.41) is 17.7. The van der Waals surface area contributed by atoms with Crippen LogP contribution in [0.15, 0.2) is 61.3 Å². The first-order valence-electron chi connectivity index (χ1n) is 15.6. The molecule has 4 aromatic rings. The van der Waals surface area contributed by atoms with Crippen LogP contribution in [0.2, 0.25) is 5.02 Å². The number of aryl methyl sites for hydroxylation is 1. The highest BCUT2D eigenvalue weighted by atomic mass is 35.5. The Hall–Kier alpha value is -2.85. The van der Waals surface area contributed by atoms with Crippen LogP contribution < -0.4 is 0 Å². The van der Waals surface area contributed by atoms with Crippen molar-refractivity contribution in [2.24, 2.45) is 0 Å². The molecule has 0 bridgehead atoms. The Kier molecular flexibility index (Phi) is 11.2. The van der Waals surface area contributed by atoms with Gasteiger partial charge in [0.2, 0.25) is 0 Å². The number of rotatable bonds is 16. The van der Waals surface area contributed by atoms with E-state index in [1.807, 2.05) is 12.1 Å². The average Bonchev–Trinajstić information content (AvgIpc) is 3.64. The van der Waals surface area contributed by atoms with Crippen LogP contribution in [0.5, 0.6) is 0 Å². The fourth-order valence-electron chi connectivity index (χ4n) is 6.25. The van der Waals surface area contributed by atoms with Gasteiger partial charge in [-0.25, -0.2) is 18.4 Å². The summed E-state index contributed by atoms with van der Waals surface area (Å²) in [7, 11) is 0. The summed E-state index contributed by atoms with van der Waals surface area (Å²) in [5.74, 6) is -1.42. The minimum absolute atomic E-state index is 0.0375. The molecule has 10 heteroatoms. The number of aliphatic hydroxyl groups is 1. The molecule has 43 heavy (non-hydrogen) atoms. The molecule has 1 aliphatic rings. The van der Waals surface area contributed by atoms with Crippen molar-refractivity contribution in [1.29, 1.82) is 0 Å². The number of nitrogens with zero attached hydrogens (tertiary/aromatic N) is 6. The van der Waals surface area contributed by atoms with Crippen LogP contribution in [0.3, 0.4) is 0 Å². The predicted octanol–water partition coefficient (Wildman–Crippen LogP) is 6.49. The molecule has 2 aromatic carbocycles. The highest BCUT2D eigenvalue weighted by molar-refractivity contribution is 6.31. The van der Waals surface area contributed by atoms with Crippen molar-refractivity contribution >= 4 is 22.5 Å². The van der Waals surface area contributed by atoms with Crippen LogP contribution in [-0.4, -0.2) is 73.5 Å². The third kappa shape index (κ3) is 8.85. The number of fused-ring (bicyclic) bond motifs is 1. The Morgan fingerprint density at radius 2 is 1.49 bits per heavy atom. The van der Waals surface area contributed by atoms with Crippen LogP contribution in [0.4, 0.5) is 8.78 Å². The first-order valence-corrected chi connectivity index (χ1v) is 16.0. The maximum atomic E-state index is 14.7. The van der Waals surface area contributed by atoms with Gasteiger partial charge in [0.15, 0.2) is 0 Å². The second kappa shape index (κ2) is 15.2. The van der Waals surface area contributed by atoms with E-state index in [0.29, 0.717) is 0 Å². The van der Waals surface area contributed by atoms with Crippen molar-refractivity contribution in [2.75, 3.05) is 39.3 Å². The Bertz CT molecular complexity index is 1420. The number of aromatic nitrogens is 4. The molecule has 232 valence electrons. The first kappa shape index (κ1) is 31.6. The lowest BCUT2D eigenvalue weighted by Crippen LogP contribution is -2.52. The molecule has 7 nitrogen and oxygen atoms in total. The minimum atomic E-state index is -1.56. The number of benzene rings is 2. The second-order valence-corrected chi connectivity index (χ2v) is 12.3. The molecule has 1 N–H and O–H groups in total. The smallest absolute Gasteiger partial charge is 0.137 e. The Morgan fingerprint density at radius 1 is 0.791 bits per heavy atom. The fraction of sp³-hybridized carbons (Fsp3) is 0.515. The first-order chi connectivity index (χ1) is 20.9. The van der Waals surface area contributed by atoms with Gasteiger partial charge in [-0.15, -0.1) is 0 Å². The maximum Gasteiger partial charge on any atom is 0.137 e. The van der Waals surface area contributed by atoms with Gasteiger partial charge in [0.05, 0.1) is 6.54 Å². The molecule has 0 aliphatic carbocycles. The third-order valence-electron chi connectivity index (χ3n) is 8.63. The molecule has 0 radical (unpaired) electrons. The SMILES string of the molecule is OC(CN1CCN(CCCCCCCCCCn2ccc3cc(Cl)ccc32)CC1)(Cn1cncn1)c1ccc(F)cc1F. The maximum absolute atomic E-state index is 14.7. The molecular weight excluding hydrogens is 570 g/mol. The Labute approximate surface area is 258 Å². The molecule has 1 saturated heterocycles. The number of hydrogen-bond acceptors (Lipinski definition) is 5. The lowest BCUT2D eigenvalue weighted by Gasteiger charge is -2.39. The van der Waals surface area contributed by atoms with Crippen molar-refractivity contribution in [3.8, 4) is 0 Å². The van der Waals surface area contributed by atoms with Crippen molar-refractivity contribution in [3.05, 3.63) is 83.5 Å². The van der Waals surface area contributed by atoms with E-state index >= 15 is 0 Å². The standard InChI is InChI=1S/C33H43ClF2N6O/c34-28-9-12-32-27(21-28)13-16-41(32)15-8-6-4-2-1-3-5-7-14-39-17-19-40(20-18-39)23-33(43,24-42-26-37-25-38-42)30-11-10-29(35)22-31(30)36/h9-13,16,21-22,25-26,43H,1-8,14-15,17-20,23-24H2. The van der Waals surface area contributed by atoms with Crippen molar-refractivity contribution in [1.82, 2.24) is 29.1 Å². The molecule has 0 amide bonds. The van der Waals surface area contributed by atoms with Crippen LogP contribution in [0.25, 0.3) is 10.9 Å². The molecule has 5 rings (SSSR count). The number of halogens is 3. The average molecular weight is 613 g/mol. The summed E-state index contributed by atoms with van der Waals surface area (Å²) < 4.78 is 32.1. The normalized spacial score (nSPS) is 16.2. The van der Waals surface area contributed by atoms with Gasteiger partial charge < -0.3 is 14.6 Å². The Balaban J connectivity index is 0.947. The van der Waals surface area contributed by atoms with Gasteiger partial charge >= 0.3 is 0 Å². The summed E-state index contributed by atoms with van der Waals surface area (Å²) in [6, 6.07) is 11.6. The second-order valence-electron chi connectivity index (χ2n) is 11.9. The van der Waals surface area contributed by atoms with Gasteiger partial charge in [-0.05, 0) is 49.7 Å². The molecule has 1 aliphatic heterocycles. The quantitative estimate of drug-likeness (QED) is 0.147. The highest BCUT2D eigenvalue weighted by Gasteiger charge is 2.36. The monoisotopic (exact) mass is 612 g/mol. The van der Waals surface area contributed by atoms with E-state index in [2.05, 4.69) is 42.8 Å². The van der Waals surface area contributed by atoms with Gasteiger partial charge in [0.25, 0.3) is 0 Å². The topological polar surface area (TPSA) is 62.4 Å². The number of β-amino-alcohol motifs (C(OH)–C–C–N with tert-alkyl or cyclic N) is 1. The summed E-state index contributed by atoms with van der Waals surface area (Å²) >= 11 is 6.10. The highest BCUT2D eigenvalue weighted by Crippen LogP contribution is 2.28. The summed E-state index contributed by atoms with van der Waals surface area (Å²) in [4.78, 5) is 8.57. The number of hydrogen-bond donors (Lipinski definition) is 1. The van der Waals surface area contributed by atoms with E-state index in [1.54, 1.807) is 0 Å². The van der Waals surface area contributed by atoms with Crippen molar-refractivity contribution in [3.63, 3.8) is 0 Å². The van der Waals surface area contributed by atoms with Crippen molar-refractivity contribution < 1.29 is 13.9 Å². The zero-order chi connectivity index (χ0) is 30.1. The molecule has 1 fully saturated rings. The third-order valence-corrected chi connectivity index (χ3v) is 8.86. The molecular formula is C33H43ClF2N6O. The fourth-order valence-corrected chi connectivity index (χ4v) is 6.44. The van der Waals surface area contributed by atoms with Gasteiger partial charge in [-0.1, -0.05) is 56.2 Å². The van der Waals surface area contributed by atoms with Gasteiger partial charge in [0.1, 0.15) is 29.9 Å². The van der Waals surface area contributed by atoms with E-state index in [1.165, 1.54) is 91.7 Å². The van der Waals surface area contributed by atoms with Gasteiger partial charge in [-0.3, -0.25) is 4.90 Å². The minimum Gasteiger partial charge on any atom is -0.382 e. The summed E-state index contributed by atoms with van der Waals surface area (Å²) in [6.45, 7) is 5.81. The zero-order valence-corrected chi connectivity index (χ0v) is 25.6. The molecule has 1 unspecified atom stereocenters. The Morgan fingerprint density at radius 3 is 2.19 bits per heavy atom. The van der Waals surface area contributed by atoms with Gasteiger partial charge in [0, 0.05) is 73.0 Å². The molecule has 0 spiro atoms. The van der Waals surface area contributed by atoms with Crippen molar-refractivity contribution in [2.45, 2.75) is 70.1 Å². The van der Waals surface area contributed by atoms with Crippen LogP contribution >= 0.6 is 11.6 Å². The van der Waals surface area contributed by atoms with Crippen LogP contribution in [-0.2, 0) is 18.7 Å². The summed E-state index contributed by atoms with van der Waals surface area (Å²) in [6.07, 6.45) is 15.1. The lowest BCUT2D eigenvalue weighted by atomic mass is 9.92. The molecule has 0 saturated carbocycles. The van der Waals surface area contributed by atoms with Gasteiger partial charge in [-0.2, -0.15) is 5.10 Å². The van der Waals surface area contributed by atoms with E-state index in [0.717, 1.165) is 50.4 Å².